The molecule has 33 heavy (non-hydrogen) atoms. The average molecular weight is 451 g/mol. The summed E-state index contributed by atoms with van der Waals surface area (Å²) in [6, 6.07) is 7.58. The van der Waals surface area contributed by atoms with Gasteiger partial charge in [0.2, 0.25) is 5.91 Å². The molecule has 9 nitrogen and oxygen atoms in total. The van der Waals surface area contributed by atoms with E-state index in [1.807, 2.05) is 36.1 Å². The highest BCUT2D eigenvalue weighted by Crippen LogP contribution is 2.41. The summed E-state index contributed by atoms with van der Waals surface area (Å²) in [4.78, 5) is 38.6. The lowest BCUT2D eigenvalue weighted by Gasteiger charge is -2.38. The summed E-state index contributed by atoms with van der Waals surface area (Å²) in [5.41, 5.74) is 3.73. The van der Waals surface area contributed by atoms with Crippen LogP contribution < -0.4 is 15.5 Å². The van der Waals surface area contributed by atoms with Gasteiger partial charge in [0.25, 0.3) is 0 Å². The number of anilines is 2. The first kappa shape index (κ1) is 21.6. The van der Waals surface area contributed by atoms with Crippen molar-refractivity contribution in [3.05, 3.63) is 35.5 Å². The van der Waals surface area contributed by atoms with E-state index in [1.54, 1.807) is 0 Å². The summed E-state index contributed by atoms with van der Waals surface area (Å²) < 4.78 is 5.66. The Morgan fingerprint density at radius 3 is 2.73 bits per heavy atom. The number of fused-ring (bicyclic) bond motifs is 3. The second kappa shape index (κ2) is 8.97. The van der Waals surface area contributed by atoms with Crippen LogP contribution in [-0.2, 0) is 16.0 Å². The Morgan fingerprint density at radius 2 is 1.97 bits per heavy atom. The number of benzene rings is 1. The van der Waals surface area contributed by atoms with Crippen molar-refractivity contribution in [3.8, 4) is 11.4 Å². The van der Waals surface area contributed by atoms with Crippen LogP contribution >= 0.6 is 0 Å². The topological polar surface area (TPSA) is 99.7 Å². The predicted molar refractivity (Wildman–Crippen MR) is 125 cm³/mol. The van der Waals surface area contributed by atoms with Crippen molar-refractivity contribution in [2.24, 2.45) is 0 Å². The molecule has 0 aliphatic carbocycles. The van der Waals surface area contributed by atoms with Gasteiger partial charge in [-0.15, -0.1) is 0 Å². The van der Waals surface area contributed by atoms with Crippen molar-refractivity contribution in [3.63, 3.8) is 0 Å². The van der Waals surface area contributed by atoms with Gasteiger partial charge < -0.3 is 25.2 Å². The summed E-state index contributed by atoms with van der Waals surface area (Å²) in [6.45, 7) is 7.45. The fraction of sp³-hybridized carbons (Fsp3) is 0.500. The van der Waals surface area contributed by atoms with Crippen LogP contribution in [0, 0.1) is 0 Å². The van der Waals surface area contributed by atoms with E-state index >= 15 is 0 Å². The van der Waals surface area contributed by atoms with Crippen LogP contribution in [-0.4, -0.2) is 65.7 Å². The highest BCUT2D eigenvalue weighted by molar-refractivity contribution is 5.89. The molecule has 0 saturated carbocycles. The largest absolute Gasteiger partial charge is 0.377 e. The molecule has 1 aromatic carbocycles. The zero-order valence-electron chi connectivity index (χ0n) is 19.1. The molecule has 174 valence electrons. The third-order valence-corrected chi connectivity index (χ3v) is 6.64. The maximum atomic E-state index is 12.4. The molecule has 4 heterocycles. The SMILES string of the molecule is CCNC(=O)Nc1ccc(-c2nc3c(c(N4CCOCC4C)n2)CCN2C(=O)CCC32)cc1. The zero-order chi connectivity index (χ0) is 22.9. The Bertz CT molecular complexity index is 1060. The van der Waals surface area contributed by atoms with Crippen molar-refractivity contribution in [1.29, 1.82) is 0 Å². The third kappa shape index (κ3) is 4.13. The molecule has 0 spiro atoms. The normalized spacial score (nSPS) is 22.1. The van der Waals surface area contributed by atoms with Gasteiger partial charge in [-0.25, -0.2) is 14.8 Å². The highest BCUT2D eigenvalue weighted by Gasteiger charge is 2.40. The van der Waals surface area contributed by atoms with E-state index in [-0.39, 0.29) is 24.0 Å². The van der Waals surface area contributed by atoms with Crippen LogP contribution in [0.4, 0.5) is 16.3 Å². The summed E-state index contributed by atoms with van der Waals surface area (Å²) in [5.74, 6) is 1.83. The van der Waals surface area contributed by atoms with Crippen molar-refractivity contribution in [2.75, 3.05) is 43.1 Å². The molecule has 2 fully saturated rings. The second-order valence-corrected chi connectivity index (χ2v) is 8.81. The maximum Gasteiger partial charge on any atom is 0.319 e. The lowest BCUT2D eigenvalue weighted by molar-refractivity contribution is -0.129. The van der Waals surface area contributed by atoms with Gasteiger partial charge in [0.05, 0.1) is 31.0 Å². The van der Waals surface area contributed by atoms with Crippen LogP contribution in [0.1, 0.15) is 44.0 Å². The van der Waals surface area contributed by atoms with E-state index in [2.05, 4.69) is 22.5 Å². The quantitative estimate of drug-likeness (QED) is 0.743. The Morgan fingerprint density at radius 1 is 1.15 bits per heavy atom. The second-order valence-electron chi connectivity index (χ2n) is 8.81. The van der Waals surface area contributed by atoms with Crippen molar-refractivity contribution >= 4 is 23.4 Å². The molecule has 2 unspecified atom stereocenters. The number of nitrogens with zero attached hydrogens (tertiary/aromatic N) is 4. The van der Waals surface area contributed by atoms with Crippen LogP contribution in [0.3, 0.4) is 0 Å². The monoisotopic (exact) mass is 450 g/mol. The molecule has 2 N–H and O–H groups in total. The van der Waals surface area contributed by atoms with E-state index in [4.69, 9.17) is 14.7 Å². The molecule has 2 aromatic rings. The fourth-order valence-corrected chi connectivity index (χ4v) is 4.98. The zero-order valence-corrected chi connectivity index (χ0v) is 19.1. The van der Waals surface area contributed by atoms with Gasteiger partial charge in [-0.2, -0.15) is 0 Å². The first-order chi connectivity index (χ1) is 16.0. The molecular weight excluding hydrogens is 420 g/mol. The van der Waals surface area contributed by atoms with Crippen molar-refractivity contribution in [2.45, 2.75) is 45.2 Å². The van der Waals surface area contributed by atoms with Gasteiger partial charge in [0.15, 0.2) is 5.82 Å². The number of morpholine rings is 1. The average Bonchev–Trinajstić information content (AvgIpc) is 3.20. The number of carbonyl (C=O) groups excluding carboxylic acids is 2. The minimum atomic E-state index is -0.232. The van der Waals surface area contributed by atoms with Gasteiger partial charge in [-0.3, -0.25) is 4.79 Å². The number of ether oxygens (including phenoxy) is 1. The number of aromatic nitrogens is 2. The molecule has 1 aromatic heterocycles. The van der Waals surface area contributed by atoms with E-state index in [0.717, 1.165) is 48.6 Å². The first-order valence-electron chi connectivity index (χ1n) is 11.7. The van der Waals surface area contributed by atoms with Crippen molar-refractivity contribution in [1.82, 2.24) is 20.2 Å². The van der Waals surface area contributed by atoms with Gasteiger partial charge in [0, 0.05) is 42.9 Å². The van der Waals surface area contributed by atoms with Gasteiger partial charge in [-0.1, -0.05) is 0 Å². The highest BCUT2D eigenvalue weighted by atomic mass is 16.5. The summed E-state index contributed by atoms with van der Waals surface area (Å²) in [5, 5.41) is 5.54. The Hall–Kier alpha value is -3.20. The van der Waals surface area contributed by atoms with E-state index in [1.165, 1.54) is 0 Å². The fourth-order valence-electron chi connectivity index (χ4n) is 4.98. The van der Waals surface area contributed by atoms with E-state index in [9.17, 15) is 9.59 Å². The summed E-state index contributed by atoms with van der Waals surface area (Å²) >= 11 is 0. The van der Waals surface area contributed by atoms with Crippen LogP contribution in [0.2, 0.25) is 0 Å². The molecular formula is C24H30N6O3. The first-order valence-corrected chi connectivity index (χ1v) is 11.7. The molecule has 2 atom stereocenters. The molecule has 9 heteroatoms. The summed E-state index contributed by atoms with van der Waals surface area (Å²) in [7, 11) is 0. The van der Waals surface area contributed by atoms with Crippen LogP contribution in [0.5, 0.6) is 0 Å². The van der Waals surface area contributed by atoms with Crippen LogP contribution in [0.25, 0.3) is 11.4 Å². The maximum absolute atomic E-state index is 12.4. The Balaban J connectivity index is 1.53. The van der Waals surface area contributed by atoms with Gasteiger partial charge in [0.1, 0.15) is 5.82 Å². The minimum absolute atomic E-state index is 0.0248. The molecule has 3 aliphatic rings. The number of nitrogens with one attached hydrogen (secondary N) is 2. The number of hydrogen-bond acceptors (Lipinski definition) is 6. The number of amides is 3. The number of rotatable bonds is 4. The molecule has 5 rings (SSSR count). The van der Waals surface area contributed by atoms with E-state index < -0.39 is 0 Å². The molecule has 2 saturated heterocycles. The van der Waals surface area contributed by atoms with Gasteiger partial charge in [-0.05, 0) is 51.0 Å². The number of urea groups is 1. The Kier molecular flexibility index (Phi) is 5.88. The Labute approximate surface area is 193 Å². The predicted octanol–water partition coefficient (Wildman–Crippen LogP) is 2.73. The molecule has 0 radical (unpaired) electrons. The van der Waals surface area contributed by atoms with Crippen molar-refractivity contribution < 1.29 is 14.3 Å². The molecule has 3 aliphatic heterocycles. The molecule has 0 bridgehead atoms. The smallest absolute Gasteiger partial charge is 0.319 e. The lowest BCUT2D eigenvalue weighted by Crippen LogP contribution is -2.45. The number of hydrogen-bond donors (Lipinski definition) is 2. The lowest BCUT2D eigenvalue weighted by atomic mass is 9.97. The number of carbonyl (C=O) groups is 2. The minimum Gasteiger partial charge on any atom is -0.377 e. The van der Waals surface area contributed by atoms with Gasteiger partial charge >= 0.3 is 6.03 Å². The van der Waals surface area contributed by atoms with Crippen LogP contribution in [0.15, 0.2) is 24.3 Å². The third-order valence-electron chi connectivity index (χ3n) is 6.64. The summed E-state index contributed by atoms with van der Waals surface area (Å²) in [6.07, 6.45) is 2.15. The standard InChI is InChI=1S/C24H30N6O3/c1-3-25-24(32)26-17-6-4-16(5-7-17)22-27-21-18(10-11-30-19(21)8-9-20(30)31)23(28-22)29-12-13-33-14-15(29)2/h4-7,15,19H,3,8-14H2,1-2H3,(H2,25,26,32). The molecule has 3 amide bonds. The van der Waals surface area contributed by atoms with E-state index in [0.29, 0.717) is 37.7 Å².